The number of nitrogens with zero attached hydrogens (tertiary/aromatic N) is 2. The molecule has 4 rings (SSSR count). The molecule has 0 bridgehead atoms. The predicted molar refractivity (Wildman–Crippen MR) is 136 cm³/mol. The van der Waals surface area contributed by atoms with Crippen molar-refractivity contribution in [1.29, 1.82) is 0 Å². The molecule has 3 unspecified atom stereocenters. The van der Waals surface area contributed by atoms with E-state index in [2.05, 4.69) is 78.6 Å². The van der Waals surface area contributed by atoms with Gasteiger partial charge < -0.3 is 14.7 Å². The molecule has 3 aliphatic rings. The second-order valence-electron chi connectivity index (χ2n) is 9.96. The molecule has 1 aromatic rings. The van der Waals surface area contributed by atoms with Crippen LogP contribution in [0.1, 0.15) is 47.5 Å². The quantitative estimate of drug-likeness (QED) is 0.659. The molecule has 1 aromatic carbocycles. The summed E-state index contributed by atoms with van der Waals surface area (Å²) in [4.78, 5) is 7.40. The van der Waals surface area contributed by atoms with Crippen molar-refractivity contribution in [1.82, 2.24) is 0 Å². The van der Waals surface area contributed by atoms with E-state index in [0.29, 0.717) is 13.4 Å². The number of aliphatic imine (C=N–C) groups is 1. The van der Waals surface area contributed by atoms with E-state index >= 15 is 0 Å². The van der Waals surface area contributed by atoms with Gasteiger partial charge in [0.15, 0.2) is 0 Å². The van der Waals surface area contributed by atoms with E-state index in [-0.39, 0.29) is 12.1 Å². The van der Waals surface area contributed by atoms with Crippen molar-refractivity contribution in [2.24, 2.45) is 10.9 Å². The summed E-state index contributed by atoms with van der Waals surface area (Å²) in [6, 6.07) is 8.97. The van der Waals surface area contributed by atoms with Crippen molar-refractivity contribution in [3.8, 4) is 0 Å². The van der Waals surface area contributed by atoms with Crippen LogP contribution in [0.15, 0.2) is 77.4 Å². The van der Waals surface area contributed by atoms with Crippen LogP contribution in [-0.2, 0) is 4.65 Å². The molecular weight excluding hydrogens is 395 g/mol. The van der Waals surface area contributed by atoms with Crippen molar-refractivity contribution in [2.45, 2.75) is 70.7 Å². The Hall–Kier alpha value is -2.37. The molecule has 0 spiro atoms. The molecule has 0 amide bonds. The lowest BCUT2D eigenvalue weighted by Gasteiger charge is -2.37. The van der Waals surface area contributed by atoms with Gasteiger partial charge in [-0.3, -0.25) is 4.99 Å². The summed E-state index contributed by atoms with van der Waals surface area (Å²) < 4.78 is 6.04. The standard InChI is InChI=1S/C27H35BN2O2/c1-6-25-29-23-17-12-20(19-10-8-7-9-11-19)18-24(23)30(25)22-15-13-21(14-16-22)28-32-27(4,5)26(2,3)31/h7-10,12-19,23-24,28,31H,6,11H2,1-5H3. The number of benzene rings is 1. The van der Waals surface area contributed by atoms with E-state index in [9.17, 15) is 5.11 Å². The van der Waals surface area contributed by atoms with Crippen LogP contribution in [0.2, 0.25) is 0 Å². The van der Waals surface area contributed by atoms with Gasteiger partial charge in [0, 0.05) is 18.0 Å². The summed E-state index contributed by atoms with van der Waals surface area (Å²) in [5, 5.41) is 10.3. The van der Waals surface area contributed by atoms with Crippen LogP contribution in [0.5, 0.6) is 0 Å². The van der Waals surface area contributed by atoms with E-state index < -0.39 is 11.2 Å². The van der Waals surface area contributed by atoms with Crippen molar-refractivity contribution in [3.63, 3.8) is 0 Å². The summed E-state index contributed by atoms with van der Waals surface area (Å²) in [6.45, 7) is 9.59. The second-order valence-corrected chi connectivity index (χ2v) is 9.96. The fourth-order valence-corrected chi connectivity index (χ4v) is 4.28. The van der Waals surface area contributed by atoms with Gasteiger partial charge in [-0.1, -0.05) is 67.1 Å². The first kappa shape index (κ1) is 22.8. The van der Waals surface area contributed by atoms with E-state index in [1.807, 2.05) is 13.8 Å². The van der Waals surface area contributed by atoms with Gasteiger partial charge in [0.2, 0.25) is 0 Å². The molecule has 32 heavy (non-hydrogen) atoms. The first-order valence-electron chi connectivity index (χ1n) is 11.7. The van der Waals surface area contributed by atoms with Crippen LogP contribution in [-0.4, -0.2) is 41.7 Å². The first-order chi connectivity index (χ1) is 15.2. The Morgan fingerprint density at radius 2 is 1.88 bits per heavy atom. The maximum Gasteiger partial charge on any atom is 0.309 e. The number of aliphatic hydroxyl groups is 1. The van der Waals surface area contributed by atoms with Crippen molar-refractivity contribution < 1.29 is 9.76 Å². The molecule has 1 heterocycles. The largest absolute Gasteiger partial charge is 0.427 e. The fraction of sp³-hybridized carbons (Fsp3) is 0.444. The van der Waals surface area contributed by atoms with E-state index in [1.54, 1.807) is 13.8 Å². The number of amidine groups is 1. The smallest absolute Gasteiger partial charge is 0.309 e. The third-order valence-corrected chi connectivity index (χ3v) is 7.09. The van der Waals surface area contributed by atoms with Crippen LogP contribution in [0.3, 0.4) is 0 Å². The van der Waals surface area contributed by atoms with Crippen LogP contribution < -0.4 is 10.4 Å². The monoisotopic (exact) mass is 430 g/mol. The summed E-state index contributed by atoms with van der Waals surface area (Å²) in [5.74, 6) is 1.58. The Morgan fingerprint density at radius 1 is 1.12 bits per heavy atom. The van der Waals surface area contributed by atoms with Gasteiger partial charge in [-0.05, 0) is 51.8 Å². The normalized spacial score (nSPS) is 24.9. The molecule has 4 nitrogen and oxygen atoms in total. The summed E-state index contributed by atoms with van der Waals surface area (Å²) in [7, 11) is 0.465. The van der Waals surface area contributed by atoms with Crippen molar-refractivity contribution in [2.75, 3.05) is 4.90 Å². The van der Waals surface area contributed by atoms with Crippen LogP contribution in [0.25, 0.3) is 0 Å². The van der Waals surface area contributed by atoms with Gasteiger partial charge in [0.25, 0.3) is 0 Å². The Morgan fingerprint density at radius 3 is 2.50 bits per heavy atom. The second kappa shape index (κ2) is 8.88. The van der Waals surface area contributed by atoms with Crippen LogP contribution in [0.4, 0.5) is 5.69 Å². The van der Waals surface area contributed by atoms with Gasteiger partial charge >= 0.3 is 7.48 Å². The van der Waals surface area contributed by atoms with E-state index in [4.69, 9.17) is 9.65 Å². The molecule has 1 N–H and O–H groups in total. The highest BCUT2D eigenvalue weighted by molar-refractivity contribution is 6.47. The average Bonchev–Trinajstić information content (AvgIpc) is 3.16. The van der Waals surface area contributed by atoms with E-state index in [0.717, 1.165) is 29.8 Å². The molecule has 2 aliphatic carbocycles. The number of allylic oxidation sites excluding steroid dienone is 6. The number of fused-ring (bicyclic) bond motifs is 1. The predicted octanol–water partition coefficient (Wildman–Crippen LogP) is 4.22. The highest BCUT2D eigenvalue weighted by atomic mass is 16.5. The molecule has 0 fully saturated rings. The van der Waals surface area contributed by atoms with Crippen LogP contribution in [0, 0.1) is 5.92 Å². The molecule has 5 heteroatoms. The Labute approximate surface area is 193 Å². The third kappa shape index (κ3) is 4.55. The molecule has 1 aliphatic heterocycles. The summed E-state index contributed by atoms with van der Waals surface area (Å²) in [5.41, 5.74) is 2.09. The molecule has 0 aromatic heterocycles. The van der Waals surface area contributed by atoms with Crippen molar-refractivity contribution in [3.05, 3.63) is 72.4 Å². The molecule has 0 radical (unpaired) electrons. The number of anilines is 1. The maximum atomic E-state index is 10.3. The zero-order valence-electron chi connectivity index (χ0n) is 20.0. The lowest BCUT2D eigenvalue weighted by Crippen LogP contribution is -2.49. The Bertz CT molecular complexity index is 980. The molecule has 0 saturated heterocycles. The third-order valence-electron chi connectivity index (χ3n) is 7.09. The van der Waals surface area contributed by atoms with E-state index in [1.165, 1.54) is 5.57 Å². The zero-order chi connectivity index (χ0) is 22.9. The fourth-order valence-electron chi connectivity index (χ4n) is 4.28. The average molecular weight is 430 g/mol. The van der Waals surface area contributed by atoms with Gasteiger partial charge in [-0.2, -0.15) is 0 Å². The highest BCUT2D eigenvalue weighted by Crippen LogP contribution is 2.34. The lowest BCUT2D eigenvalue weighted by molar-refractivity contribution is -0.0893. The molecule has 3 atom stereocenters. The summed E-state index contributed by atoms with van der Waals surface area (Å²) in [6.07, 6.45) is 17.7. The van der Waals surface area contributed by atoms with Crippen molar-refractivity contribution >= 4 is 24.5 Å². The highest BCUT2D eigenvalue weighted by Gasteiger charge is 2.37. The van der Waals surface area contributed by atoms with Gasteiger partial charge in [0.05, 0.1) is 23.3 Å². The van der Waals surface area contributed by atoms with Gasteiger partial charge in [0.1, 0.15) is 5.84 Å². The van der Waals surface area contributed by atoms with Gasteiger partial charge in [-0.25, -0.2) is 0 Å². The van der Waals surface area contributed by atoms with Crippen LogP contribution >= 0.6 is 0 Å². The minimum absolute atomic E-state index is 0.174. The maximum absolute atomic E-state index is 10.3. The molecule has 0 saturated carbocycles. The van der Waals surface area contributed by atoms with Gasteiger partial charge in [-0.15, -0.1) is 0 Å². The number of hydrogen-bond donors (Lipinski definition) is 1. The minimum atomic E-state index is -0.911. The SMILES string of the molecule is CCC1=NC2C=CC(C3C=CC=CC3)=CC2N1c1ccc(BOC(C)(C)C(C)(C)O)cc1. The molecular formula is C27H35BN2O2. The Kier molecular flexibility index (Phi) is 6.33. The topological polar surface area (TPSA) is 45.1 Å². The first-order valence-corrected chi connectivity index (χ1v) is 11.7. The number of rotatable bonds is 7. The Balaban J connectivity index is 1.52. The lowest BCUT2D eigenvalue weighted by atomic mass is 9.82. The number of hydrogen-bond acceptors (Lipinski definition) is 4. The minimum Gasteiger partial charge on any atom is -0.427 e. The summed E-state index contributed by atoms with van der Waals surface area (Å²) >= 11 is 0. The molecule has 168 valence electrons. The zero-order valence-corrected chi connectivity index (χ0v) is 20.0.